The Kier molecular flexibility index (Phi) is 9.19. The van der Waals surface area contributed by atoms with E-state index >= 15 is 0 Å². The Morgan fingerprint density at radius 2 is 2.21 bits per heavy atom. The molecule has 0 aliphatic heterocycles. The van der Waals surface area contributed by atoms with E-state index in [0.29, 0.717) is 6.42 Å². The first kappa shape index (κ1) is 13.8. The number of nitrogens with one attached hydrogen (secondary N) is 1. The summed E-state index contributed by atoms with van der Waals surface area (Å²) < 4.78 is 0. The number of unbranched alkanes of at least 4 members (excludes halogenated alkanes) is 1. The monoisotopic (exact) mass is 218 g/mol. The van der Waals surface area contributed by atoms with Crippen molar-refractivity contribution in [1.82, 2.24) is 5.43 Å². The van der Waals surface area contributed by atoms with Gasteiger partial charge in [0.1, 0.15) is 0 Å². The molecule has 14 heavy (non-hydrogen) atoms. The largest absolute Gasteiger partial charge is 0.294 e. The molecule has 0 fully saturated rings. The average molecular weight is 218 g/mol. The second-order valence-electron chi connectivity index (χ2n) is 3.61. The number of amides is 1. The third-order valence-electron chi connectivity index (χ3n) is 2.20. The summed E-state index contributed by atoms with van der Waals surface area (Å²) in [5.74, 6) is 8.11. The molecule has 3 N–H and O–H groups in total. The van der Waals surface area contributed by atoms with Crippen molar-refractivity contribution in [2.75, 3.05) is 11.5 Å². The Balaban J connectivity index is 3.10. The summed E-state index contributed by atoms with van der Waals surface area (Å²) in [7, 11) is 0. The molecule has 3 nitrogen and oxygen atoms in total. The van der Waals surface area contributed by atoms with Crippen LogP contribution in [-0.4, -0.2) is 17.4 Å². The van der Waals surface area contributed by atoms with Crippen LogP contribution in [0.15, 0.2) is 0 Å². The first-order chi connectivity index (χ1) is 6.70. The highest BCUT2D eigenvalue weighted by atomic mass is 32.2. The Bertz CT molecular complexity index is 153. The number of hydrogen-bond donors (Lipinski definition) is 2. The lowest BCUT2D eigenvalue weighted by molar-refractivity contribution is -0.121. The van der Waals surface area contributed by atoms with E-state index in [4.69, 9.17) is 5.84 Å². The van der Waals surface area contributed by atoms with Crippen molar-refractivity contribution < 1.29 is 4.79 Å². The Hall–Kier alpha value is -0.220. The zero-order valence-corrected chi connectivity index (χ0v) is 10.0. The van der Waals surface area contributed by atoms with Crippen LogP contribution in [0.4, 0.5) is 0 Å². The summed E-state index contributed by atoms with van der Waals surface area (Å²) >= 11 is 1.98. The van der Waals surface area contributed by atoms with Crippen LogP contribution in [0, 0.1) is 5.92 Å². The summed E-state index contributed by atoms with van der Waals surface area (Å²) in [6.07, 6.45) is 3.86. The molecule has 0 aliphatic carbocycles. The van der Waals surface area contributed by atoms with Gasteiger partial charge in [0.25, 0.3) is 0 Å². The highest BCUT2D eigenvalue weighted by molar-refractivity contribution is 7.99. The van der Waals surface area contributed by atoms with Crippen molar-refractivity contribution in [3.05, 3.63) is 0 Å². The van der Waals surface area contributed by atoms with E-state index in [0.717, 1.165) is 24.5 Å². The number of carbonyl (C=O) groups is 1. The van der Waals surface area contributed by atoms with Crippen LogP contribution in [0.1, 0.15) is 39.5 Å². The fourth-order valence-corrected chi connectivity index (χ4v) is 2.18. The molecular weight excluding hydrogens is 196 g/mol. The average Bonchev–Trinajstić information content (AvgIpc) is 2.22. The number of nitrogens with two attached hydrogens (primary N) is 1. The van der Waals surface area contributed by atoms with Gasteiger partial charge in [-0.2, -0.15) is 11.8 Å². The lowest BCUT2D eigenvalue weighted by Gasteiger charge is -2.07. The molecule has 1 atom stereocenters. The fraction of sp³-hybridized carbons (Fsp3) is 0.900. The second-order valence-corrected chi connectivity index (χ2v) is 4.76. The van der Waals surface area contributed by atoms with Crippen molar-refractivity contribution in [3.8, 4) is 0 Å². The molecule has 0 aliphatic rings. The molecule has 0 saturated carbocycles. The van der Waals surface area contributed by atoms with Crippen LogP contribution < -0.4 is 11.3 Å². The number of carbonyl (C=O) groups excluding carboxylic acids is 1. The second kappa shape index (κ2) is 9.34. The van der Waals surface area contributed by atoms with Crippen molar-refractivity contribution in [2.45, 2.75) is 39.5 Å². The van der Waals surface area contributed by atoms with Gasteiger partial charge in [-0.3, -0.25) is 10.2 Å². The maximum Gasteiger partial charge on any atom is 0.233 e. The molecule has 0 bridgehead atoms. The van der Waals surface area contributed by atoms with Gasteiger partial charge in [-0.1, -0.05) is 20.3 Å². The lowest BCUT2D eigenvalue weighted by Crippen LogP contribution is -2.29. The minimum atomic E-state index is -0.0584. The number of thioether (sulfide) groups is 1. The van der Waals surface area contributed by atoms with Crippen LogP contribution in [0.5, 0.6) is 0 Å². The molecule has 0 spiro atoms. The van der Waals surface area contributed by atoms with Gasteiger partial charge in [-0.15, -0.1) is 0 Å². The molecule has 84 valence electrons. The van der Waals surface area contributed by atoms with Crippen LogP contribution >= 0.6 is 11.8 Å². The van der Waals surface area contributed by atoms with E-state index in [2.05, 4.69) is 19.3 Å². The zero-order chi connectivity index (χ0) is 10.8. The molecule has 0 radical (unpaired) electrons. The molecule has 0 aromatic heterocycles. The Morgan fingerprint density at radius 1 is 1.50 bits per heavy atom. The topological polar surface area (TPSA) is 55.1 Å². The molecule has 0 aromatic carbocycles. The van der Waals surface area contributed by atoms with Gasteiger partial charge in [-0.05, 0) is 30.3 Å². The SMILES string of the molecule is CCC(C)CSCCCCC(=O)NN. The number of hydrazine groups is 1. The highest BCUT2D eigenvalue weighted by Gasteiger charge is 2.00. The van der Waals surface area contributed by atoms with Crippen LogP contribution in [0.25, 0.3) is 0 Å². The molecule has 0 heterocycles. The van der Waals surface area contributed by atoms with Crippen molar-refractivity contribution in [1.29, 1.82) is 0 Å². The van der Waals surface area contributed by atoms with E-state index in [-0.39, 0.29) is 5.91 Å². The molecule has 1 amide bonds. The van der Waals surface area contributed by atoms with E-state index in [1.165, 1.54) is 12.2 Å². The Morgan fingerprint density at radius 3 is 2.79 bits per heavy atom. The minimum Gasteiger partial charge on any atom is -0.294 e. The minimum absolute atomic E-state index is 0.0584. The maximum absolute atomic E-state index is 10.8. The lowest BCUT2D eigenvalue weighted by atomic mass is 10.2. The van der Waals surface area contributed by atoms with Gasteiger partial charge in [0, 0.05) is 6.42 Å². The van der Waals surface area contributed by atoms with Crippen LogP contribution in [0.3, 0.4) is 0 Å². The van der Waals surface area contributed by atoms with Crippen LogP contribution in [0.2, 0.25) is 0 Å². The van der Waals surface area contributed by atoms with E-state index < -0.39 is 0 Å². The van der Waals surface area contributed by atoms with Gasteiger partial charge < -0.3 is 0 Å². The predicted molar refractivity (Wildman–Crippen MR) is 63.0 cm³/mol. The molecule has 1 unspecified atom stereocenters. The molecule has 0 saturated heterocycles. The summed E-state index contributed by atoms with van der Waals surface area (Å²) in [6, 6.07) is 0. The number of rotatable bonds is 8. The molecule has 0 aromatic rings. The van der Waals surface area contributed by atoms with Crippen molar-refractivity contribution >= 4 is 17.7 Å². The van der Waals surface area contributed by atoms with E-state index in [1.807, 2.05) is 11.8 Å². The third-order valence-corrected chi connectivity index (χ3v) is 3.58. The van der Waals surface area contributed by atoms with Gasteiger partial charge >= 0.3 is 0 Å². The summed E-state index contributed by atoms with van der Waals surface area (Å²) in [5.41, 5.74) is 2.14. The fourth-order valence-electron chi connectivity index (χ4n) is 0.964. The highest BCUT2D eigenvalue weighted by Crippen LogP contribution is 2.13. The molecule has 4 heteroatoms. The van der Waals surface area contributed by atoms with Gasteiger partial charge in [0.05, 0.1) is 0 Å². The van der Waals surface area contributed by atoms with Crippen LogP contribution in [-0.2, 0) is 4.79 Å². The summed E-state index contributed by atoms with van der Waals surface area (Å²) in [5, 5.41) is 0. The van der Waals surface area contributed by atoms with Crippen molar-refractivity contribution in [2.24, 2.45) is 11.8 Å². The first-order valence-electron chi connectivity index (χ1n) is 5.27. The maximum atomic E-state index is 10.8. The number of hydrogen-bond acceptors (Lipinski definition) is 3. The molecular formula is C10H22N2OS. The summed E-state index contributed by atoms with van der Waals surface area (Å²) in [4.78, 5) is 10.8. The van der Waals surface area contributed by atoms with E-state index in [1.54, 1.807) is 0 Å². The quantitative estimate of drug-likeness (QED) is 0.283. The van der Waals surface area contributed by atoms with Gasteiger partial charge in [0.15, 0.2) is 0 Å². The molecule has 0 rings (SSSR count). The van der Waals surface area contributed by atoms with Gasteiger partial charge in [0.2, 0.25) is 5.91 Å². The predicted octanol–water partition coefficient (Wildman–Crippen LogP) is 1.93. The standard InChI is InChI=1S/C10H22N2OS/c1-3-9(2)8-14-7-5-4-6-10(13)12-11/h9H,3-8,11H2,1-2H3,(H,12,13). The smallest absolute Gasteiger partial charge is 0.233 e. The van der Waals surface area contributed by atoms with E-state index in [9.17, 15) is 4.79 Å². The van der Waals surface area contributed by atoms with Crippen molar-refractivity contribution in [3.63, 3.8) is 0 Å². The van der Waals surface area contributed by atoms with Gasteiger partial charge in [-0.25, -0.2) is 5.84 Å². The third kappa shape index (κ3) is 8.38. The summed E-state index contributed by atoms with van der Waals surface area (Å²) in [6.45, 7) is 4.49. The first-order valence-corrected chi connectivity index (χ1v) is 6.43. The zero-order valence-electron chi connectivity index (χ0n) is 9.21. The Labute approximate surface area is 91.2 Å². The normalized spacial score (nSPS) is 12.5.